The Kier molecular flexibility index (Phi) is 4.86. The molecule has 0 spiro atoms. The van der Waals surface area contributed by atoms with Crippen LogP contribution in [0.1, 0.15) is 13.8 Å². The van der Waals surface area contributed by atoms with E-state index in [9.17, 15) is 9.59 Å². The molecule has 4 heteroatoms. The number of halogens is 2. The first-order valence-corrected chi connectivity index (χ1v) is 3.95. The van der Waals surface area contributed by atoms with Gasteiger partial charge in [-0.3, -0.25) is 9.59 Å². The van der Waals surface area contributed by atoms with Crippen LogP contribution in [-0.2, 0) is 9.59 Å². The molecular formula is C8H8Cl2O2. The van der Waals surface area contributed by atoms with Gasteiger partial charge in [-0.2, -0.15) is 0 Å². The van der Waals surface area contributed by atoms with E-state index in [0.29, 0.717) is 11.1 Å². The van der Waals surface area contributed by atoms with Gasteiger partial charge >= 0.3 is 0 Å². The van der Waals surface area contributed by atoms with Gasteiger partial charge in [0.25, 0.3) is 0 Å². The molecule has 2 nitrogen and oxygen atoms in total. The minimum Gasteiger partial charge on any atom is -0.276 e. The summed E-state index contributed by atoms with van der Waals surface area (Å²) in [5.41, 5.74) is 0.739. The Morgan fingerprint density at radius 1 is 0.917 bits per heavy atom. The molecule has 0 bridgehead atoms. The van der Waals surface area contributed by atoms with Crippen molar-refractivity contribution in [2.24, 2.45) is 0 Å². The molecule has 66 valence electrons. The fourth-order valence-corrected chi connectivity index (χ4v) is 0.507. The van der Waals surface area contributed by atoms with Crippen molar-refractivity contribution in [1.29, 1.82) is 0 Å². The molecule has 12 heavy (non-hydrogen) atoms. The molecule has 0 aromatic carbocycles. The van der Waals surface area contributed by atoms with Crippen LogP contribution in [0.5, 0.6) is 0 Å². The van der Waals surface area contributed by atoms with Crippen molar-refractivity contribution >= 4 is 33.7 Å². The second-order valence-electron chi connectivity index (χ2n) is 2.25. The lowest BCUT2D eigenvalue weighted by Gasteiger charge is -1.89. The Morgan fingerprint density at radius 2 is 1.17 bits per heavy atom. The van der Waals surface area contributed by atoms with Gasteiger partial charge < -0.3 is 0 Å². The SMILES string of the molecule is C/C(=C\C=C(/C)C(=O)Cl)C(=O)Cl. The highest BCUT2D eigenvalue weighted by molar-refractivity contribution is 6.68. The lowest BCUT2D eigenvalue weighted by Crippen LogP contribution is -1.89. The number of carbonyl (C=O) groups excluding carboxylic acids is 2. The monoisotopic (exact) mass is 206 g/mol. The molecule has 0 aromatic rings. The number of hydrogen-bond acceptors (Lipinski definition) is 2. The van der Waals surface area contributed by atoms with Gasteiger partial charge in [0.2, 0.25) is 10.5 Å². The van der Waals surface area contributed by atoms with Gasteiger partial charge in [0.05, 0.1) is 0 Å². The smallest absolute Gasteiger partial charge is 0.248 e. The van der Waals surface area contributed by atoms with E-state index >= 15 is 0 Å². The van der Waals surface area contributed by atoms with Crippen molar-refractivity contribution in [3.05, 3.63) is 23.3 Å². The summed E-state index contributed by atoms with van der Waals surface area (Å²) < 4.78 is 0. The molecule has 0 aliphatic rings. The van der Waals surface area contributed by atoms with E-state index in [1.165, 1.54) is 12.2 Å². The third kappa shape index (κ3) is 4.31. The highest BCUT2D eigenvalue weighted by Crippen LogP contribution is 2.03. The molecule has 0 fully saturated rings. The molecule has 0 saturated carbocycles. The Labute approximate surface area is 80.8 Å². The number of allylic oxidation sites excluding steroid dienone is 4. The van der Waals surface area contributed by atoms with E-state index in [4.69, 9.17) is 23.2 Å². The minimum absolute atomic E-state index is 0.369. The summed E-state index contributed by atoms with van der Waals surface area (Å²) in [6, 6.07) is 0. The summed E-state index contributed by atoms with van der Waals surface area (Å²) in [5.74, 6) is 0. The van der Waals surface area contributed by atoms with E-state index in [-0.39, 0.29) is 0 Å². The average Bonchev–Trinajstić information content (AvgIpc) is 1.98. The number of rotatable bonds is 3. The molecule has 0 unspecified atom stereocenters. The molecule has 0 saturated heterocycles. The first-order valence-electron chi connectivity index (χ1n) is 3.20. The molecule has 0 heterocycles. The molecular weight excluding hydrogens is 199 g/mol. The predicted octanol–water partition coefficient (Wildman–Crippen LogP) is 2.41. The van der Waals surface area contributed by atoms with E-state index in [1.54, 1.807) is 13.8 Å². The minimum atomic E-state index is -0.541. The van der Waals surface area contributed by atoms with Crippen LogP contribution in [0, 0.1) is 0 Å². The van der Waals surface area contributed by atoms with Gasteiger partial charge in [-0.1, -0.05) is 12.2 Å². The van der Waals surface area contributed by atoms with Crippen LogP contribution in [0.4, 0.5) is 0 Å². The second kappa shape index (κ2) is 5.12. The van der Waals surface area contributed by atoms with Crippen LogP contribution in [0.25, 0.3) is 0 Å². The topological polar surface area (TPSA) is 34.1 Å². The van der Waals surface area contributed by atoms with Crippen LogP contribution in [0.2, 0.25) is 0 Å². The average molecular weight is 207 g/mol. The molecule has 0 N–H and O–H groups in total. The fraction of sp³-hybridized carbons (Fsp3) is 0.250. The summed E-state index contributed by atoms with van der Waals surface area (Å²) in [4.78, 5) is 21.0. The van der Waals surface area contributed by atoms with Crippen LogP contribution in [-0.4, -0.2) is 10.5 Å². The van der Waals surface area contributed by atoms with E-state index in [1.807, 2.05) is 0 Å². The zero-order chi connectivity index (χ0) is 9.72. The molecule has 0 radical (unpaired) electrons. The lowest BCUT2D eigenvalue weighted by molar-refractivity contribution is -0.109. The standard InChI is InChI=1S/C8H8Cl2O2/c1-5(7(9)11)3-4-6(2)8(10)12/h3-4H,1-2H3/b5-3+,6-4+. The first kappa shape index (κ1) is 11.4. The third-order valence-corrected chi connectivity index (χ3v) is 1.80. The molecule has 0 rings (SSSR count). The quantitative estimate of drug-likeness (QED) is 0.404. The number of hydrogen-bond donors (Lipinski definition) is 0. The molecule has 0 aliphatic carbocycles. The van der Waals surface area contributed by atoms with Gasteiger partial charge in [-0.15, -0.1) is 0 Å². The maximum atomic E-state index is 10.5. The Bertz CT molecular complexity index is 236. The zero-order valence-electron chi connectivity index (χ0n) is 6.73. The summed E-state index contributed by atoms with van der Waals surface area (Å²) in [6.07, 6.45) is 2.90. The van der Waals surface area contributed by atoms with Crippen molar-refractivity contribution in [2.45, 2.75) is 13.8 Å². The van der Waals surface area contributed by atoms with Crippen molar-refractivity contribution in [2.75, 3.05) is 0 Å². The van der Waals surface area contributed by atoms with Gasteiger partial charge in [0.1, 0.15) is 0 Å². The molecule has 0 aromatic heterocycles. The summed E-state index contributed by atoms with van der Waals surface area (Å²) in [7, 11) is 0. The van der Waals surface area contributed by atoms with Crippen LogP contribution >= 0.6 is 23.2 Å². The third-order valence-electron chi connectivity index (χ3n) is 1.20. The van der Waals surface area contributed by atoms with Gasteiger partial charge in [-0.05, 0) is 37.0 Å². The lowest BCUT2D eigenvalue weighted by atomic mass is 10.2. The molecule has 0 atom stereocenters. The fourth-order valence-electron chi connectivity index (χ4n) is 0.381. The molecule has 0 amide bonds. The first-order chi connectivity index (χ1) is 5.45. The van der Waals surface area contributed by atoms with Crippen molar-refractivity contribution in [3.8, 4) is 0 Å². The van der Waals surface area contributed by atoms with Crippen molar-refractivity contribution in [3.63, 3.8) is 0 Å². The predicted molar refractivity (Wildman–Crippen MR) is 49.2 cm³/mol. The van der Waals surface area contributed by atoms with Crippen LogP contribution in [0.3, 0.4) is 0 Å². The molecule has 0 aliphatic heterocycles. The van der Waals surface area contributed by atoms with Gasteiger partial charge in [0, 0.05) is 11.1 Å². The van der Waals surface area contributed by atoms with Crippen molar-refractivity contribution in [1.82, 2.24) is 0 Å². The highest BCUT2D eigenvalue weighted by Gasteiger charge is 1.99. The Balaban J connectivity index is 4.48. The van der Waals surface area contributed by atoms with Gasteiger partial charge in [-0.25, -0.2) is 0 Å². The van der Waals surface area contributed by atoms with E-state index in [2.05, 4.69) is 0 Å². The van der Waals surface area contributed by atoms with Crippen LogP contribution in [0.15, 0.2) is 23.3 Å². The van der Waals surface area contributed by atoms with Crippen molar-refractivity contribution < 1.29 is 9.59 Å². The Morgan fingerprint density at radius 3 is 1.33 bits per heavy atom. The normalized spacial score (nSPS) is 13.0. The second-order valence-corrected chi connectivity index (χ2v) is 2.93. The van der Waals surface area contributed by atoms with E-state index in [0.717, 1.165) is 0 Å². The van der Waals surface area contributed by atoms with Crippen LogP contribution < -0.4 is 0 Å². The largest absolute Gasteiger partial charge is 0.276 e. The highest BCUT2D eigenvalue weighted by atomic mass is 35.5. The van der Waals surface area contributed by atoms with E-state index < -0.39 is 10.5 Å². The maximum Gasteiger partial charge on any atom is 0.248 e. The maximum absolute atomic E-state index is 10.5. The summed E-state index contributed by atoms with van der Waals surface area (Å²) in [6.45, 7) is 3.11. The summed E-state index contributed by atoms with van der Waals surface area (Å²) in [5, 5.41) is -1.08. The number of carbonyl (C=O) groups is 2. The van der Waals surface area contributed by atoms with Gasteiger partial charge in [0.15, 0.2) is 0 Å². The summed E-state index contributed by atoms with van der Waals surface area (Å²) >= 11 is 10.3. The Hall–Kier alpha value is -0.600. The zero-order valence-corrected chi connectivity index (χ0v) is 8.24.